The smallest absolute Gasteiger partial charge is 0.0942 e. The molecule has 0 aromatic rings. The van der Waals surface area contributed by atoms with Crippen LogP contribution in [0, 0.1) is 5.92 Å². The van der Waals surface area contributed by atoms with Crippen molar-refractivity contribution in [3.05, 3.63) is 0 Å². The first-order valence-corrected chi connectivity index (χ1v) is 3.67. The number of piperidine rings is 1. The lowest BCUT2D eigenvalue weighted by atomic mass is 9.95. The van der Waals surface area contributed by atoms with Crippen LogP contribution in [0.5, 0.6) is 0 Å². The molecule has 1 N–H and O–H groups in total. The second kappa shape index (κ2) is 3.18. The Balaban J connectivity index is 2.23. The predicted octanol–water partition coefficient (Wildman–Crippen LogP) is 0.805. The molecule has 1 saturated heterocycles. The van der Waals surface area contributed by atoms with Gasteiger partial charge in [0.05, 0.1) is 6.10 Å². The van der Waals surface area contributed by atoms with Crippen LogP contribution in [-0.2, 0) is 5.11 Å². The van der Waals surface area contributed by atoms with Crippen molar-refractivity contribution in [1.29, 1.82) is 0 Å². The lowest BCUT2D eigenvalue weighted by Crippen LogP contribution is -2.34. The van der Waals surface area contributed by atoms with Gasteiger partial charge in [-0.1, -0.05) is 0 Å². The zero-order valence-electron chi connectivity index (χ0n) is 5.89. The highest BCUT2D eigenvalue weighted by Crippen LogP contribution is 2.13. The standard InChI is InChI=1S/C7H14NO/c1-6(9)7-3-2-4-8-5-7/h6-8H,2-5H2,1H3. The number of rotatable bonds is 1. The molecule has 1 aliphatic rings. The highest BCUT2D eigenvalue weighted by molar-refractivity contribution is 4.72. The Labute approximate surface area is 56.3 Å². The molecule has 0 aromatic carbocycles. The van der Waals surface area contributed by atoms with Crippen molar-refractivity contribution >= 4 is 0 Å². The van der Waals surface area contributed by atoms with Gasteiger partial charge in [-0.3, -0.25) is 0 Å². The van der Waals surface area contributed by atoms with E-state index >= 15 is 0 Å². The summed E-state index contributed by atoms with van der Waals surface area (Å²) in [6.45, 7) is 3.80. The van der Waals surface area contributed by atoms with Crippen molar-refractivity contribution < 1.29 is 5.11 Å². The Morgan fingerprint density at radius 1 is 1.67 bits per heavy atom. The van der Waals surface area contributed by atoms with Gasteiger partial charge >= 0.3 is 0 Å². The van der Waals surface area contributed by atoms with E-state index in [1.807, 2.05) is 0 Å². The van der Waals surface area contributed by atoms with Gasteiger partial charge in [0, 0.05) is 12.5 Å². The minimum atomic E-state index is -0.377. The molecule has 0 amide bonds. The minimum Gasteiger partial charge on any atom is -0.316 e. The predicted molar refractivity (Wildman–Crippen MR) is 35.7 cm³/mol. The van der Waals surface area contributed by atoms with Gasteiger partial charge in [-0.15, -0.1) is 0 Å². The normalized spacial score (nSPS) is 32.0. The van der Waals surface area contributed by atoms with Crippen LogP contribution in [0.15, 0.2) is 0 Å². The molecule has 0 aliphatic carbocycles. The first kappa shape index (κ1) is 7.03. The zero-order valence-corrected chi connectivity index (χ0v) is 5.89. The summed E-state index contributed by atoms with van der Waals surface area (Å²) in [6, 6.07) is 0. The molecular weight excluding hydrogens is 114 g/mol. The Morgan fingerprint density at radius 2 is 2.44 bits per heavy atom. The lowest BCUT2D eigenvalue weighted by molar-refractivity contribution is 0.0417. The fourth-order valence-corrected chi connectivity index (χ4v) is 1.28. The van der Waals surface area contributed by atoms with E-state index in [9.17, 15) is 5.11 Å². The molecule has 1 heterocycles. The Bertz CT molecular complexity index is 77.0. The fraction of sp³-hybridized carbons (Fsp3) is 1.00. The van der Waals surface area contributed by atoms with Gasteiger partial charge < -0.3 is 5.32 Å². The highest BCUT2D eigenvalue weighted by Gasteiger charge is 2.18. The van der Waals surface area contributed by atoms with Gasteiger partial charge in [0.2, 0.25) is 0 Å². The van der Waals surface area contributed by atoms with Crippen LogP contribution in [0.4, 0.5) is 0 Å². The van der Waals surface area contributed by atoms with Crippen molar-refractivity contribution in [2.45, 2.75) is 25.9 Å². The van der Waals surface area contributed by atoms with Crippen molar-refractivity contribution in [3.8, 4) is 0 Å². The molecule has 2 heteroatoms. The van der Waals surface area contributed by atoms with Crippen LogP contribution in [0.3, 0.4) is 0 Å². The van der Waals surface area contributed by atoms with Crippen LogP contribution in [0.25, 0.3) is 0 Å². The third kappa shape index (κ3) is 1.95. The summed E-state index contributed by atoms with van der Waals surface area (Å²) in [5.74, 6) is 0.388. The maximum absolute atomic E-state index is 10.8. The second-order valence-electron chi connectivity index (χ2n) is 2.81. The van der Waals surface area contributed by atoms with E-state index in [4.69, 9.17) is 0 Å². The van der Waals surface area contributed by atoms with Gasteiger partial charge in [0.25, 0.3) is 0 Å². The van der Waals surface area contributed by atoms with Gasteiger partial charge in [0.15, 0.2) is 0 Å². The summed E-state index contributed by atoms with van der Waals surface area (Å²) >= 11 is 0. The zero-order chi connectivity index (χ0) is 6.69. The third-order valence-electron chi connectivity index (χ3n) is 2.00. The number of hydrogen-bond donors (Lipinski definition) is 1. The lowest BCUT2D eigenvalue weighted by Gasteiger charge is -2.23. The van der Waals surface area contributed by atoms with Crippen LogP contribution in [0.2, 0.25) is 0 Å². The number of nitrogens with one attached hydrogen (secondary N) is 1. The molecule has 1 radical (unpaired) electrons. The molecule has 1 fully saturated rings. The average molecular weight is 128 g/mol. The molecule has 0 bridgehead atoms. The first-order valence-electron chi connectivity index (χ1n) is 3.67. The molecule has 0 aromatic heterocycles. The molecule has 1 rings (SSSR count). The van der Waals surface area contributed by atoms with Crippen LogP contribution >= 0.6 is 0 Å². The molecule has 2 atom stereocenters. The van der Waals surface area contributed by atoms with Gasteiger partial charge in [-0.05, 0) is 26.3 Å². The van der Waals surface area contributed by atoms with Crippen molar-refractivity contribution in [3.63, 3.8) is 0 Å². The van der Waals surface area contributed by atoms with E-state index in [1.165, 1.54) is 6.42 Å². The second-order valence-corrected chi connectivity index (χ2v) is 2.81. The minimum absolute atomic E-state index is 0.377. The molecule has 1 aliphatic heterocycles. The van der Waals surface area contributed by atoms with Crippen LogP contribution < -0.4 is 5.32 Å². The first-order chi connectivity index (χ1) is 4.30. The monoisotopic (exact) mass is 128 g/mol. The summed E-state index contributed by atoms with van der Waals surface area (Å²) in [7, 11) is 0. The van der Waals surface area contributed by atoms with Crippen LogP contribution in [0.1, 0.15) is 19.8 Å². The third-order valence-corrected chi connectivity index (χ3v) is 2.00. The Morgan fingerprint density at radius 3 is 2.78 bits per heavy atom. The van der Waals surface area contributed by atoms with E-state index in [0.29, 0.717) is 5.92 Å². The summed E-state index contributed by atoms with van der Waals surface area (Å²) in [4.78, 5) is 0. The summed E-state index contributed by atoms with van der Waals surface area (Å²) < 4.78 is 0. The maximum Gasteiger partial charge on any atom is 0.0942 e. The quantitative estimate of drug-likeness (QED) is 0.556. The topological polar surface area (TPSA) is 31.9 Å². The van der Waals surface area contributed by atoms with E-state index in [-0.39, 0.29) is 6.10 Å². The molecule has 53 valence electrons. The van der Waals surface area contributed by atoms with E-state index in [2.05, 4.69) is 5.32 Å². The molecular formula is C7H14NO. The van der Waals surface area contributed by atoms with Gasteiger partial charge in [0.1, 0.15) is 0 Å². The number of hydrogen-bond acceptors (Lipinski definition) is 1. The van der Waals surface area contributed by atoms with Gasteiger partial charge in [-0.2, -0.15) is 0 Å². The van der Waals surface area contributed by atoms with Crippen molar-refractivity contribution in [2.75, 3.05) is 13.1 Å². The van der Waals surface area contributed by atoms with E-state index in [1.54, 1.807) is 6.92 Å². The van der Waals surface area contributed by atoms with Crippen molar-refractivity contribution in [2.24, 2.45) is 5.92 Å². The average Bonchev–Trinajstić information content (AvgIpc) is 1.90. The fourth-order valence-electron chi connectivity index (χ4n) is 1.28. The molecule has 0 saturated carbocycles. The van der Waals surface area contributed by atoms with Crippen LogP contribution in [-0.4, -0.2) is 19.2 Å². The Hall–Kier alpha value is -0.0800. The molecule has 9 heavy (non-hydrogen) atoms. The largest absolute Gasteiger partial charge is 0.316 e. The summed E-state index contributed by atoms with van der Waals surface area (Å²) in [5, 5.41) is 14.1. The molecule has 0 spiro atoms. The molecule has 2 nitrogen and oxygen atoms in total. The van der Waals surface area contributed by atoms with Gasteiger partial charge in [-0.25, -0.2) is 5.11 Å². The van der Waals surface area contributed by atoms with E-state index < -0.39 is 0 Å². The van der Waals surface area contributed by atoms with Crippen molar-refractivity contribution in [1.82, 2.24) is 5.32 Å². The summed E-state index contributed by atoms with van der Waals surface area (Å²) in [6.07, 6.45) is 1.92. The Kier molecular flexibility index (Phi) is 2.49. The SMILES string of the molecule is CC([O])C1CCCNC1. The highest BCUT2D eigenvalue weighted by atomic mass is 16.3. The maximum atomic E-state index is 10.8. The summed E-state index contributed by atoms with van der Waals surface area (Å²) in [5.41, 5.74) is 0. The molecule has 2 unspecified atom stereocenters. The van der Waals surface area contributed by atoms with E-state index in [0.717, 1.165) is 19.5 Å².